The first-order chi connectivity index (χ1) is 14.7. The number of aromatic nitrogens is 3. The summed E-state index contributed by atoms with van der Waals surface area (Å²) in [6, 6.07) is 11.7. The van der Waals surface area contributed by atoms with E-state index < -0.39 is 0 Å². The van der Waals surface area contributed by atoms with Crippen LogP contribution in [0, 0.1) is 0 Å². The van der Waals surface area contributed by atoms with E-state index in [9.17, 15) is 4.79 Å². The third kappa shape index (κ3) is 5.04. The van der Waals surface area contributed by atoms with E-state index in [4.69, 9.17) is 16.3 Å². The molecule has 1 saturated heterocycles. The van der Waals surface area contributed by atoms with Crippen LogP contribution in [0.4, 0.5) is 4.79 Å². The van der Waals surface area contributed by atoms with Gasteiger partial charge in [0.2, 0.25) is 0 Å². The predicted molar refractivity (Wildman–Crippen MR) is 114 cm³/mol. The summed E-state index contributed by atoms with van der Waals surface area (Å²) >= 11 is 6.43. The third-order valence-electron chi connectivity index (χ3n) is 5.02. The minimum Gasteiger partial charge on any atom is -0.460 e. The molecule has 1 aliphatic rings. The zero-order valence-corrected chi connectivity index (χ0v) is 17.1. The summed E-state index contributed by atoms with van der Waals surface area (Å²) < 4.78 is 5.77. The Kier molecular flexibility index (Phi) is 6.39. The van der Waals surface area contributed by atoms with Crippen LogP contribution in [0.15, 0.2) is 61.2 Å². The van der Waals surface area contributed by atoms with Gasteiger partial charge in [-0.05, 0) is 29.3 Å². The van der Waals surface area contributed by atoms with E-state index >= 15 is 0 Å². The van der Waals surface area contributed by atoms with E-state index in [2.05, 4.69) is 20.3 Å². The number of halogens is 1. The topological polar surface area (TPSA) is 80.2 Å². The molecular weight excluding hydrogens is 402 g/mol. The van der Waals surface area contributed by atoms with E-state index in [1.165, 1.54) is 0 Å². The smallest absolute Gasteiger partial charge is 0.317 e. The zero-order chi connectivity index (χ0) is 20.8. The molecule has 0 bridgehead atoms. The number of amides is 2. The number of urea groups is 1. The first-order valence-corrected chi connectivity index (χ1v) is 10.2. The number of pyridine rings is 1. The molecule has 1 fully saturated rings. The van der Waals surface area contributed by atoms with E-state index in [-0.39, 0.29) is 12.1 Å². The lowest BCUT2D eigenvalue weighted by atomic mass is 10.1. The Morgan fingerprint density at radius 1 is 1.10 bits per heavy atom. The fourth-order valence-corrected chi connectivity index (χ4v) is 3.61. The van der Waals surface area contributed by atoms with E-state index in [0.29, 0.717) is 30.7 Å². The molecule has 0 atom stereocenters. The van der Waals surface area contributed by atoms with Crippen molar-refractivity contribution in [2.45, 2.75) is 25.5 Å². The van der Waals surface area contributed by atoms with Gasteiger partial charge in [-0.3, -0.25) is 4.98 Å². The molecule has 1 N–H and O–H groups in total. The molecular formula is C22H22ClN5O2. The molecule has 1 aliphatic heterocycles. The summed E-state index contributed by atoms with van der Waals surface area (Å²) in [6.07, 6.45) is 8.34. The number of likely N-dealkylation sites (tertiary alicyclic amines) is 1. The van der Waals surface area contributed by atoms with Gasteiger partial charge in [0, 0.05) is 67.8 Å². The summed E-state index contributed by atoms with van der Waals surface area (Å²) in [7, 11) is 0. The first-order valence-electron chi connectivity index (χ1n) is 9.84. The number of hydrogen-bond donors (Lipinski definition) is 1. The molecule has 0 spiro atoms. The van der Waals surface area contributed by atoms with Crippen LogP contribution in [0.5, 0.6) is 6.01 Å². The molecule has 7 nitrogen and oxygen atoms in total. The Bertz CT molecular complexity index is 979. The molecule has 154 valence electrons. The Morgan fingerprint density at radius 3 is 2.60 bits per heavy atom. The average Bonchev–Trinajstić information content (AvgIpc) is 2.80. The molecule has 1 aromatic carbocycles. The summed E-state index contributed by atoms with van der Waals surface area (Å²) in [5.74, 6) is 0. The molecule has 0 radical (unpaired) electrons. The van der Waals surface area contributed by atoms with Crippen LogP contribution >= 0.6 is 11.6 Å². The van der Waals surface area contributed by atoms with Crippen molar-refractivity contribution in [2.24, 2.45) is 0 Å². The van der Waals surface area contributed by atoms with Gasteiger partial charge in [-0.2, -0.15) is 0 Å². The number of rotatable bonds is 5. The van der Waals surface area contributed by atoms with Gasteiger partial charge < -0.3 is 15.0 Å². The molecule has 3 aromatic rings. The highest BCUT2D eigenvalue weighted by Gasteiger charge is 2.24. The van der Waals surface area contributed by atoms with Crippen LogP contribution in [0.25, 0.3) is 11.1 Å². The second-order valence-corrected chi connectivity index (χ2v) is 7.45. The molecule has 4 rings (SSSR count). The van der Waals surface area contributed by atoms with Gasteiger partial charge in [0.05, 0.1) is 0 Å². The quantitative estimate of drug-likeness (QED) is 0.672. The molecule has 30 heavy (non-hydrogen) atoms. The largest absolute Gasteiger partial charge is 0.460 e. The van der Waals surface area contributed by atoms with Gasteiger partial charge in [0.25, 0.3) is 0 Å². The van der Waals surface area contributed by atoms with Crippen molar-refractivity contribution in [2.75, 3.05) is 13.1 Å². The van der Waals surface area contributed by atoms with Crippen molar-refractivity contribution in [3.8, 4) is 17.1 Å². The average molecular weight is 424 g/mol. The van der Waals surface area contributed by atoms with Crippen LogP contribution in [-0.2, 0) is 6.54 Å². The Morgan fingerprint density at radius 2 is 1.90 bits per heavy atom. The van der Waals surface area contributed by atoms with Crippen molar-refractivity contribution >= 4 is 17.6 Å². The highest BCUT2D eigenvalue weighted by Crippen LogP contribution is 2.25. The van der Waals surface area contributed by atoms with E-state index in [1.807, 2.05) is 30.3 Å². The van der Waals surface area contributed by atoms with Crippen LogP contribution in [0.1, 0.15) is 18.4 Å². The van der Waals surface area contributed by atoms with Crippen LogP contribution < -0.4 is 10.1 Å². The van der Waals surface area contributed by atoms with Crippen molar-refractivity contribution in [1.82, 2.24) is 25.2 Å². The van der Waals surface area contributed by atoms with Crippen LogP contribution in [0.3, 0.4) is 0 Å². The Balaban J connectivity index is 1.27. The zero-order valence-electron chi connectivity index (χ0n) is 16.4. The number of ether oxygens (including phenoxy) is 1. The fourth-order valence-electron chi connectivity index (χ4n) is 3.36. The predicted octanol–water partition coefficient (Wildman–Crippen LogP) is 3.95. The second-order valence-electron chi connectivity index (χ2n) is 7.04. The van der Waals surface area contributed by atoms with Gasteiger partial charge in [-0.15, -0.1) is 0 Å². The number of hydrogen-bond acceptors (Lipinski definition) is 5. The first kappa shape index (κ1) is 20.1. The SMILES string of the molecule is O=C(NCc1ccc(-c2cccnc2)cc1Cl)N1CCC(Oc2ncccn2)CC1. The molecule has 2 amide bonds. The Labute approximate surface area is 180 Å². The van der Waals surface area contributed by atoms with Gasteiger partial charge in [-0.1, -0.05) is 29.8 Å². The molecule has 2 aromatic heterocycles. The number of nitrogens with zero attached hydrogens (tertiary/aromatic N) is 4. The van der Waals surface area contributed by atoms with Crippen molar-refractivity contribution in [1.29, 1.82) is 0 Å². The fraction of sp³-hybridized carbons (Fsp3) is 0.273. The molecule has 0 aliphatic carbocycles. The summed E-state index contributed by atoms with van der Waals surface area (Å²) in [4.78, 5) is 26.6. The lowest BCUT2D eigenvalue weighted by molar-refractivity contribution is 0.103. The number of carbonyl (C=O) groups is 1. The van der Waals surface area contributed by atoms with Crippen molar-refractivity contribution < 1.29 is 9.53 Å². The van der Waals surface area contributed by atoms with E-state index in [0.717, 1.165) is 29.5 Å². The number of carbonyl (C=O) groups excluding carboxylic acids is 1. The monoisotopic (exact) mass is 423 g/mol. The standard InChI is InChI=1S/C22H22ClN5O2/c23-20-13-16(17-3-1-8-24-14-17)4-5-18(20)15-27-22(29)28-11-6-19(7-12-28)30-21-25-9-2-10-26-21/h1-5,8-10,13-14,19H,6-7,11-12,15H2,(H,27,29). The number of piperidine rings is 1. The number of nitrogens with one attached hydrogen (secondary N) is 1. The summed E-state index contributed by atoms with van der Waals surface area (Å²) in [5.41, 5.74) is 2.87. The van der Waals surface area contributed by atoms with Gasteiger partial charge in [-0.25, -0.2) is 14.8 Å². The highest BCUT2D eigenvalue weighted by atomic mass is 35.5. The molecule has 0 saturated carbocycles. The summed E-state index contributed by atoms with van der Waals surface area (Å²) in [6.45, 7) is 1.62. The normalized spacial score (nSPS) is 14.4. The summed E-state index contributed by atoms with van der Waals surface area (Å²) in [5, 5.41) is 3.58. The third-order valence-corrected chi connectivity index (χ3v) is 5.37. The van der Waals surface area contributed by atoms with Gasteiger partial charge in [0.1, 0.15) is 6.10 Å². The second kappa shape index (κ2) is 9.54. The van der Waals surface area contributed by atoms with Crippen LogP contribution in [0.2, 0.25) is 5.02 Å². The van der Waals surface area contributed by atoms with Crippen molar-refractivity contribution in [3.63, 3.8) is 0 Å². The highest BCUT2D eigenvalue weighted by molar-refractivity contribution is 6.31. The lowest BCUT2D eigenvalue weighted by Crippen LogP contribution is -2.46. The van der Waals surface area contributed by atoms with Crippen LogP contribution in [-0.4, -0.2) is 45.1 Å². The minimum absolute atomic E-state index is 0.0194. The molecule has 8 heteroatoms. The lowest BCUT2D eigenvalue weighted by Gasteiger charge is -2.31. The van der Waals surface area contributed by atoms with Gasteiger partial charge in [0.15, 0.2) is 0 Å². The van der Waals surface area contributed by atoms with Crippen molar-refractivity contribution in [3.05, 3.63) is 71.8 Å². The van der Waals surface area contributed by atoms with Gasteiger partial charge >= 0.3 is 12.0 Å². The van der Waals surface area contributed by atoms with E-state index in [1.54, 1.807) is 35.8 Å². The molecule has 3 heterocycles. The Hall–Kier alpha value is -3.19. The maximum absolute atomic E-state index is 12.5. The maximum Gasteiger partial charge on any atom is 0.317 e. The minimum atomic E-state index is -0.100. The molecule has 0 unspecified atom stereocenters. The maximum atomic E-state index is 12.5. The number of benzene rings is 1.